The largest absolute Gasteiger partial charge is 0.496 e. The Labute approximate surface area is 190 Å². The Morgan fingerprint density at radius 3 is 2.27 bits per heavy atom. The molecule has 0 aliphatic heterocycles. The van der Waals surface area contributed by atoms with Crippen molar-refractivity contribution in [3.05, 3.63) is 53.1 Å². The third-order valence-electron chi connectivity index (χ3n) is 4.84. The van der Waals surface area contributed by atoms with Crippen molar-refractivity contribution in [2.24, 2.45) is 0 Å². The van der Waals surface area contributed by atoms with E-state index >= 15 is 0 Å². The third-order valence-corrected chi connectivity index (χ3v) is 5.44. The van der Waals surface area contributed by atoms with Gasteiger partial charge >= 0.3 is 6.18 Å². The summed E-state index contributed by atoms with van der Waals surface area (Å²) in [6.07, 6.45) is -3.99. The number of rotatable bonds is 8. The number of carbonyl (C=O) groups excluding carboxylic acids is 2. The summed E-state index contributed by atoms with van der Waals surface area (Å²) in [7, 11) is -2.34. The van der Waals surface area contributed by atoms with Gasteiger partial charge in [0.15, 0.2) is 0 Å². The molecule has 0 saturated carbocycles. The van der Waals surface area contributed by atoms with Crippen LogP contribution in [0.2, 0.25) is 0 Å². The number of benzene rings is 2. The number of ether oxygens (including phenoxy) is 1. The van der Waals surface area contributed by atoms with Crippen LogP contribution >= 0.6 is 0 Å². The van der Waals surface area contributed by atoms with Crippen molar-refractivity contribution < 1.29 is 35.9 Å². The van der Waals surface area contributed by atoms with Crippen LogP contribution in [0.4, 0.5) is 13.2 Å². The number of sulfonamides is 1. The second kappa shape index (κ2) is 10.2. The van der Waals surface area contributed by atoms with E-state index < -0.39 is 27.7 Å². The number of nitrogens with zero attached hydrogens (tertiary/aromatic N) is 1. The lowest BCUT2D eigenvalue weighted by Gasteiger charge is -2.23. The Hall–Kier alpha value is -3.08. The molecule has 0 saturated heterocycles. The molecule has 0 aliphatic rings. The van der Waals surface area contributed by atoms with Crippen LogP contribution in [0.1, 0.15) is 30.5 Å². The standard InChI is InChI=1S/C22H25F3N2O5S/c1-5-27(14(2)28)13-16-12-17(22(23,24)25)7-8-18(16)19-10-15(6-9-20(19)32-3)11-21(29)26-33(4,30)31/h6-10,12H,5,11,13H2,1-4H3,(H,26,29). The van der Waals surface area contributed by atoms with E-state index in [1.165, 1.54) is 25.0 Å². The predicted octanol–water partition coefficient (Wildman–Crippen LogP) is 3.37. The molecule has 0 fully saturated rings. The van der Waals surface area contributed by atoms with E-state index in [0.717, 1.165) is 18.4 Å². The minimum absolute atomic E-state index is 0.0625. The number of methoxy groups -OCH3 is 1. The molecule has 33 heavy (non-hydrogen) atoms. The summed E-state index contributed by atoms with van der Waals surface area (Å²) in [4.78, 5) is 25.3. The van der Waals surface area contributed by atoms with Crippen molar-refractivity contribution in [3.63, 3.8) is 0 Å². The Morgan fingerprint density at radius 1 is 1.09 bits per heavy atom. The van der Waals surface area contributed by atoms with Gasteiger partial charge in [-0.25, -0.2) is 8.42 Å². The van der Waals surface area contributed by atoms with E-state index in [4.69, 9.17) is 4.74 Å². The number of carbonyl (C=O) groups is 2. The Balaban J connectivity index is 2.60. The second-order valence-corrected chi connectivity index (χ2v) is 9.16. The third kappa shape index (κ3) is 7.21. The molecule has 0 spiro atoms. The minimum Gasteiger partial charge on any atom is -0.496 e. The molecule has 2 amide bonds. The van der Waals surface area contributed by atoms with E-state index in [9.17, 15) is 31.2 Å². The molecule has 2 aromatic carbocycles. The van der Waals surface area contributed by atoms with Crippen LogP contribution < -0.4 is 9.46 Å². The lowest BCUT2D eigenvalue weighted by Crippen LogP contribution is -2.30. The van der Waals surface area contributed by atoms with Crippen molar-refractivity contribution >= 4 is 21.8 Å². The van der Waals surface area contributed by atoms with Gasteiger partial charge < -0.3 is 9.64 Å². The summed E-state index contributed by atoms with van der Waals surface area (Å²) in [6.45, 7) is 3.29. The molecule has 0 atom stereocenters. The zero-order chi connectivity index (χ0) is 25.0. The second-order valence-electron chi connectivity index (χ2n) is 7.41. The summed E-state index contributed by atoms with van der Waals surface area (Å²) in [5, 5.41) is 0. The van der Waals surface area contributed by atoms with Crippen LogP contribution in [0.15, 0.2) is 36.4 Å². The Morgan fingerprint density at radius 2 is 1.76 bits per heavy atom. The summed E-state index contributed by atoms with van der Waals surface area (Å²) in [6, 6.07) is 7.88. The molecule has 2 rings (SSSR count). The molecule has 1 N–H and O–H groups in total. The van der Waals surface area contributed by atoms with Crippen LogP contribution in [0.3, 0.4) is 0 Å². The summed E-state index contributed by atoms with van der Waals surface area (Å²) < 4.78 is 69.9. The van der Waals surface area contributed by atoms with Crippen LogP contribution in [-0.4, -0.2) is 45.0 Å². The van der Waals surface area contributed by atoms with Crippen molar-refractivity contribution in [2.75, 3.05) is 19.9 Å². The van der Waals surface area contributed by atoms with E-state index in [1.807, 2.05) is 4.72 Å². The number of amides is 2. The first-order chi connectivity index (χ1) is 15.2. The molecule has 2 aromatic rings. The van der Waals surface area contributed by atoms with Crippen molar-refractivity contribution in [2.45, 2.75) is 33.0 Å². The molecular weight excluding hydrogens is 461 g/mol. The van der Waals surface area contributed by atoms with E-state index in [0.29, 0.717) is 29.0 Å². The first kappa shape index (κ1) is 26.2. The maximum absolute atomic E-state index is 13.4. The van der Waals surface area contributed by atoms with Crippen molar-refractivity contribution in [1.29, 1.82) is 0 Å². The van der Waals surface area contributed by atoms with Crippen LogP contribution in [-0.2, 0) is 38.8 Å². The van der Waals surface area contributed by atoms with Crippen LogP contribution in [0.25, 0.3) is 11.1 Å². The molecule has 0 radical (unpaired) electrons. The fraction of sp³-hybridized carbons (Fsp3) is 0.364. The van der Waals surface area contributed by atoms with Gasteiger partial charge in [0.1, 0.15) is 5.75 Å². The van der Waals surface area contributed by atoms with Crippen molar-refractivity contribution in [1.82, 2.24) is 9.62 Å². The normalized spacial score (nSPS) is 11.7. The summed E-state index contributed by atoms with van der Waals surface area (Å²) in [5.74, 6) is -0.705. The molecular formula is C22H25F3N2O5S. The van der Waals surface area contributed by atoms with Gasteiger partial charge in [-0.1, -0.05) is 12.1 Å². The van der Waals surface area contributed by atoms with E-state index in [1.54, 1.807) is 25.1 Å². The number of nitrogens with one attached hydrogen (secondary N) is 1. The molecule has 180 valence electrons. The molecule has 0 aromatic heterocycles. The quantitative estimate of drug-likeness (QED) is 0.618. The molecule has 0 bridgehead atoms. The summed E-state index contributed by atoms with van der Waals surface area (Å²) >= 11 is 0. The number of halogens is 3. The Kier molecular flexibility index (Phi) is 8.12. The van der Waals surface area contributed by atoms with Crippen LogP contribution in [0, 0.1) is 0 Å². The highest BCUT2D eigenvalue weighted by Gasteiger charge is 2.31. The highest BCUT2D eigenvalue weighted by Crippen LogP contribution is 2.38. The summed E-state index contributed by atoms with van der Waals surface area (Å²) in [5.41, 5.74) is 0.619. The topological polar surface area (TPSA) is 92.8 Å². The highest BCUT2D eigenvalue weighted by atomic mass is 32.2. The zero-order valence-electron chi connectivity index (χ0n) is 18.6. The van der Waals surface area contributed by atoms with Gasteiger partial charge in [0.2, 0.25) is 21.8 Å². The first-order valence-corrected chi connectivity index (χ1v) is 11.8. The van der Waals surface area contributed by atoms with Gasteiger partial charge in [0.05, 0.1) is 25.3 Å². The average Bonchev–Trinajstić information content (AvgIpc) is 2.69. The fourth-order valence-corrected chi connectivity index (χ4v) is 3.80. The van der Waals surface area contributed by atoms with Gasteiger partial charge in [-0.2, -0.15) is 13.2 Å². The zero-order valence-corrected chi connectivity index (χ0v) is 19.4. The lowest BCUT2D eigenvalue weighted by molar-refractivity contribution is -0.137. The predicted molar refractivity (Wildman–Crippen MR) is 117 cm³/mol. The monoisotopic (exact) mass is 486 g/mol. The molecule has 0 unspecified atom stereocenters. The number of alkyl halides is 3. The maximum atomic E-state index is 13.4. The SMILES string of the molecule is CCN(Cc1cc(C(F)(F)F)ccc1-c1cc(CC(=O)NS(C)(=O)=O)ccc1OC)C(C)=O. The van der Waals surface area contributed by atoms with Gasteiger partial charge in [-0.15, -0.1) is 0 Å². The lowest BCUT2D eigenvalue weighted by atomic mass is 9.94. The number of hydrogen-bond acceptors (Lipinski definition) is 5. The Bertz CT molecular complexity index is 1150. The molecule has 7 nitrogen and oxygen atoms in total. The van der Waals surface area contributed by atoms with Gasteiger partial charge in [0.25, 0.3) is 0 Å². The smallest absolute Gasteiger partial charge is 0.416 e. The van der Waals surface area contributed by atoms with E-state index in [2.05, 4.69) is 0 Å². The maximum Gasteiger partial charge on any atom is 0.416 e. The van der Waals surface area contributed by atoms with Crippen molar-refractivity contribution in [3.8, 4) is 16.9 Å². The van der Waals surface area contributed by atoms with Crippen LogP contribution in [0.5, 0.6) is 5.75 Å². The van der Waals surface area contributed by atoms with Gasteiger partial charge in [-0.05, 0) is 47.9 Å². The first-order valence-electron chi connectivity index (χ1n) is 9.88. The van der Waals surface area contributed by atoms with Gasteiger partial charge in [-0.3, -0.25) is 14.3 Å². The minimum atomic E-state index is -4.57. The van der Waals surface area contributed by atoms with Gasteiger partial charge in [0, 0.05) is 25.6 Å². The molecule has 11 heteroatoms. The number of hydrogen-bond donors (Lipinski definition) is 1. The molecule has 0 aliphatic carbocycles. The van der Waals surface area contributed by atoms with E-state index in [-0.39, 0.29) is 24.4 Å². The highest BCUT2D eigenvalue weighted by molar-refractivity contribution is 7.89. The fourth-order valence-electron chi connectivity index (χ4n) is 3.32. The molecule has 0 heterocycles. The average molecular weight is 487 g/mol.